The van der Waals surface area contributed by atoms with Crippen LogP contribution >= 0.6 is 0 Å². The molecular weight excluding hydrogens is 358 g/mol. The molecule has 6 rings (SSSR count). The van der Waals surface area contributed by atoms with Crippen LogP contribution in [0.15, 0.2) is 39.9 Å². The summed E-state index contributed by atoms with van der Waals surface area (Å²) in [6.45, 7) is 5.70. The first-order valence-corrected chi connectivity index (χ1v) is 9.42. The van der Waals surface area contributed by atoms with Crippen molar-refractivity contribution in [2.75, 3.05) is 18.0 Å². The topological polar surface area (TPSA) is 86.3 Å². The maximum absolute atomic E-state index is 12.7. The number of anilines is 1. The molecule has 3 aliphatic rings. The van der Waals surface area contributed by atoms with Gasteiger partial charge in [0.15, 0.2) is 0 Å². The quantitative estimate of drug-likeness (QED) is 0.685. The average molecular weight is 379 g/mol. The molecule has 0 N–H and O–H groups in total. The minimum Gasteiger partial charge on any atom is -0.371 e. The molecule has 3 aromatic heterocycles. The first kappa shape index (κ1) is 17.1. The first-order chi connectivity index (χ1) is 13.6. The number of nitrogens with zero attached hydrogens (tertiary/aromatic N) is 5. The molecule has 8 heteroatoms. The van der Waals surface area contributed by atoms with Gasteiger partial charge in [-0.25, -0.2) is 4.68 Å². The third-order valence-electron chi connectivity index (χ3n) is 5.46. The molecule has 3 fully saturated rings. The van der Waals surface area contributed by atoms with Gasteiger partial charge in [0.25, 0.3) is 5.56 Å². The highest BCUT2D eigenvalue weighted by molar-refractivity contribution is 5.62. The summed E-state index contributed by atoms with van der Waals surface area (Å²) in [5, 5.41) is 8.56. The molecule has 0 aliphatic carbocycles. The fourth-order valence-electron chi connectivity index (χ4n) is 3.84. The number of ether oxygens (including phenoxy) is 1. The molecular formula is C20H21N5O3. The van der Waals surface area contributed by atoms with E-state index in [2.05, 4.69) is 20.1 Å². The van der Waals surface area contributed by atoms with Crippen molar-refractivity contribution in [2.24, 2.45) is 0 Å². The van der Waals surface area contributed by atoms with Gasteiger partial charge >= 0.3 is 0 Å². The van der Waals surface area contributed by atoms with Gasteiger partial charge in [-0.1, -0.05) is 5.16 Å². The van der Waals surface area contributed by atoms with Crippen molar-refractivity contribution in [2.45, 2.75) is 39.0 Å². The third kappa shape index (κ3) is 2.99. The van der Waals surface area contributed by atoms with Crippen molar-refractivity contribution in [1.29, 1.82) is 0 Å². The van der Waals surface area contributed by atoms with Crippen LogP contribution in [0.5, 0.6) is 0 Å². The summed E-state index contributed by atoms with van der Waals surface area (Å²) >= 11 is 0. The fraction of sp³-hybridized carbons (Fsp3) is 0.400. The molecule has 2 bridgehead atoms. The maximum Gasteiger partial charge on any atom is 0.269 e. The predicted octanol–water partition coefficient (Wildman–Crippen LogP) is 1.94. The van der Waals surface area contributed by atoms with Crippen molar-refractivity contribution < 1.29 is 9.26 Å². The molecule has 0 saturated carbocycles. The number of hydrogen-bond donors (Lipinski definition) is 0. The fourth-order valence-corrected chi connectivity index (χ4v) is 3.84. The van der Waals surface area contributed by atoms with Crippen LogP contribution in [0.1, 0.15) is 23.4 Å². The van der Waals surface area contributed by atoms with Crippen LogP contribution in [0.2, 0.25) is 0 Å². The lowest BCUT2D eigenvalue weighted by Gasteiger charge is -2.47. The summed E-state index contributed by atoms with van der Waals surface area (Å²) in [5.74, 6) is 0.668. The molecule has 28 heavy (non-hydrogen) atoms. The summed E-state index contributed by atoms with van der Waals surface area (Å²) in [5.41, 5.74) is 4.02. The summed E-state index contributed by atoms with van der Waals surface area (Å²) in [6, 6.07) is 5.52. The third-order valence-corrected chi connectivity index (χ3v) is 5.46. The van der Waals surface area contributed by atoms with E-state index in [1.165, 1.54) is 4.68 Å². The van der Waals surface area contributed by atoms with E-state index in [1.807, 2.05) is 26.0 Å². The van der Waals surface area contributed by atoms with Crippen LogP contribution in [0.3, 0.4) is 0 Å². The van der Waals surface area contributed by atoms with Gasteiger partial charge in [-0.3, -0.25) is 9.78 Å². The van der Waals surface area contributed by atoms with Gasteiger partial charge in [0.1, 0.15) is 11.5 Å². The van der Waals surface area contributed by atoms with E-state index in [0.29, 0.717) is 18.0 Å². The SMILES string of the molecule is Cc1ccc(-c2noc(C)c2Cn2ncc(N3CC4CC(C3)O4)cc2=O)cn1. The largest absolute Gasteiger partial charge is 0.371 e. The molecule has 3 aliphatic heterocycles. The standard InChI is InChI=1S/C20H21N5O3/c1-12-3-4-14(7-21-12)20-18(13(2)28-23-20)11-25-19(26)5-15(8-22-25)24-9-16-6-17(10-24)27-16/h3-5,7-8,16-17H,6,9-11H2,1-2H3. The van der Waals surface area contributed by atoms with Crippen molar-refractivity contribution in [3.63, 3.8) is 0 Å². The van der Waals surface area contributed by atoms with Gasteiger partial charge in [-0.05, 0) is 26.0 Å². The van der Waals surface area contributed by atoms with Crippen molar-refractivity contribution in [1.82, 2.24) is 19.9 Å². The Kier molecular flexibility index (Phi) is 4.01. The number of piperidine rings is 1. The molecule has 0 spiro atoms. The van der Waals surface area contributed by atoms with Gasteiger partial charge < -0.3 is 14.2 Å². The zero-order valence-corrected chi connectivity index (χ0v) is 15.8. The monoisotopic (exact) mass is 379 g/mol. The highest BCUT2D eigenvalue weighted by Crippen LogP contribution is 2.30. The molecule has 2 atom stereocenters. The van der Waals surface area contributed by atoms with Gasteiger partial charge in [-0.2, -0.15) is 5.10 Å². The zero-order chi connectivity index (χ0) is 19.3. The molecule has 0 radical (unpaired) electrons. The van der Waals surface area contributed by atoms with Crippen LogP contribution in [-0.2, 0) is 11.3 Å². The van der Waals surface area contributed by atoms with E-state index < -0.39 is 0 Å². The van der Waals surface area contributed by atoms with Gasteiger partial charge in [-0.15, -0.1) is 0 Å². The Balaban J connectivity index is 1.41. The van der Waals surface area contributed by atoms with Crippen LogP contribution < -0.4 is 10.5 Å². The number of morpholine rings is 1. The van der Waals surface area contributed by atoms with Gasteiger partial charge in [0.05, 0.1) is 30.6 Å². The first-order valence-electron chi connectivity index (χ1n) is 9.42. The maximum atomic E-state index is 12.7. The van der Waals surface area contributed by atoms with Crippen molar-refractivity contribution >= 4 is 5.69 Å². The Morgan fingerprint density at radius 3 is 2.64 bits per heavy atom. The number of rotatable bonds is 4. The van der Waals surface area contributed by atoms with E-state index in [-0.39, 0.29) is 17.8 Å². The Morgan fingerprint density at radius 2 is 1.96 bits per heavy atom. The van der Waals surface area contributed by atoms with Crippen LogP contribution in [-0.4, -0.2) is 45.2 Å². The van der Waals surface area contributed by atoms with Crippen LogP contribution in [0.25, 0.3) is 11.3 Å². The minimum absolute atomic E-state index is 0.147. The normalized spacial score (nSPS) is 20.9. The lowest BCUT2D eigenvalue weighted by atomic mass is 9.98. The summed E-state index contributed by atoms with van der Waals surface area (Å²) in [6.07, 6.45) is 5.20. The lowest BCUT2D eigenvalue weighted by Crippen LogP contribution is -2.57. The smallest absolute Gasteiger partial charge is 0.269 e. The molecule has 3 aromatic rings. The van der Waals surface area contributed by atoms with Gasteiger partial charge in [0, 0.05) is 48.6 Å². The molecule has 0 amide bonds. The Morgan fingerprint density at radius 1 is 1.18 bits per heavy atom. The predicted molar refractivity (Wildman–Crippen MR) is 102 cm³/mol. The molecule has 2 unspecified atom stereocenters. The lowest BCUT2D eigenvalue weighted by molar-refractivity contribution is -0.133. The number of aryl methyl sites for hydroxylation is 2. The Labute approximate surface area is 161 Å². The molecule has 3 saturated heterocycles. The van der Waals surface area contributed by atoms with E-state index in [4.69, 9.17) is 9.26 Å². The number of fused-ring (bicyclic) bond motifs is 2. The Bertz CT molecular complexity index is 1060. The van der Waals surface area contributed by atoms with Gasteiger partial charge in [0.2, 0.25) is 0 Å². The second kappa shape index (κ2) is 6.56. The molecule has 144 valence electrons. The second-order valence-corrected chi connectivity index (χ2v) is 7.48. The molecule has 6 heterocycles. The zero-order valence-electron chi connectivity index (χ0n) is 15.8. The minimum atomic E-state index is -0.147. The highest BCUT2D eigenvalue weighted by atomic mass is 16.5. The summed E-state index contributed by atoms with van der Waals surface area (Å²) < 4.78 is 12.5. The van der Waals surface area contributed by atoms with Crippen molar-refractivity contribution in [3.8, 4) is 11.3 Å². The van der Waals surface area contributed by atoms with Crippen molar-refractivity contribution in [3.05, 3.63) is 58.0 Å². The van der Waals surface area contributed by atoms with E-state index in [1.54, 1.807) is 18.5 Å². The Hall–Kier alpha value is -3.00. The molecule has 8 nitrogen and oxygen atoms in total. The van der Waals surface area contributed by atoms with Crippen LogP contribution in [0.4, 0.5) is 5.69 Å². The van der Waals surface area contributed by atoms with Crippen LogP contribution in [0, 0.1) is 13.8 Å². The number of pyridine rings is 1. The number of hydrogen-bond acceptors (Lipinski definition) is 7. The highest BCUT2D eigenvalue weighted by Gasteiger charge is 2.38. The van der Waals surface area contributed by atoms with E-state index in [0.717, 1.165) is 42.0 Å². The second-order valence-electron chi connectivity index (χ2n) is 7.48. The summed E-state index contributed by atoms with van der Waals surface area (Å²) in [7, 11) is 0. The summed E-state index contributed by atoms with van der Waals surface area (Å²) in [4.78, 5) is 19.2. The number of aromatic nitrogens is 4. The average Bonchev–Trinajstić information content (AvgIpc) is 3.04. The molecule has 0 aromatic carbocycles. The van der Waals surface area contributed by atoms with E-state index in [9.17, 15) is 4.79 Å². The van der Waals surface area contributed by atoms with E-state index >= 15 is 0 Å².